The molecule has 0 bridgehead atoms. The lowest BCUT2D eigenvalue weighted by Gasteiger charge is -2.17. The Kier molecular flexibility index (Phi) is 13.0. The van der Waals surface area contributed by atoms with E-state index >= 15 is 0 Å². The molecule has 0 aliphatic carbocycles. The third kappa shape index (κ3) is 12.8. The molecule has 0 heteroatoms. The van der Waals surface area contributed by atoms with Crippen LogP contribution in [0.5, 0.6) is 0 Å². The first-order valence-electron chi connectivity index (χ1n) is 9.10. The van der Waals surface area contributed by atoms with Gasteiger partial charge in [0, 0.05) is 0 Å². The molecule has 0 nitrogen and oxygen atoms in total. The average molecular weight is 269 g/mol. The highest BCUT2D eigenvalue weighted by Gasteiger charge is 2.09. The van der Waals surface area contributed by atoms with Crippen LogP contribution in [0.25, 0.3) is 0 Å². The Labute approximate surface area is 123 Å². The second-order valence-electron chi connectivity index (χ2n) is 7.12. The lowest BCUT2D eigenvalue weighted by Crippen LogP contribution is -2.04. The van der Waals surface area contributed by atoms with E-state index in [2.05, 4.69) is 34.6 Å². The zero-order valence-corrected chi connectivity index (χ0v) is 14.5. The molecule has 0 N–H and O–H groups in total. The molecule has 3 atom stereocenters. The maximum atomic E-state index is 2.46. The van der Waals surface area contributed by atoms with Crippen LogP contribution in [0, 0.1) is 17.8 Å². The summed E-state index contributed by atoms with van der Waals surface area (Å²) in [6.07, 6.45) is 15.7. The molecule has 0 fully saturated rings. The molecule has 0 radical (unpaired) electrons. The standard InChI is InChI=1S/C19H40/c1-6-8-12-17(3)14-10-11-15-19(5)16-18(4)13-9-7-2/h17-19H,6-16H2,1-5H3. The Hall–Kier alpha value is 0. The monoisotopic (exact) mass is 268 g/mol. The van der Waals surface area contributed by atoms with Gasteiger partial charge >= 0.3 is 0 Å². The van der Waals surface area contributed by atoms with Gasteiger partial charge in [0.1, 0.15) is 0 Å². The van der Waals surface area contributed by atoms with E-state index in [4.69, 9.17) is 0 Å². The lowest BCUT2D eigenvalue weighted by atomic mass is 9.89. The van der Waals surface area contributed by atoms with Crippen molar-refractivity contribution >= 4 is 0 Å². The molecule has 0 amide bonds. The smallest absolute Gasteiger partial charge is 0.0440 e. The maximum Gasteiger partial charge on any atom is -0.0440 e. The summed E-state index contributed by atoms with van der Waals surface area (Å²) in [4.78, 5) is 0. The van der Waals surface area contributed by atoms with E-state index in [1.165, 1.54) is 70.6 Å². The Morgan fingerprint density at radius 2 is 0.895 bits per heavy atom. The zero-order valence-electron chi connectivity index (χ0n) is 14.5. The summed E-state index contributed by atoms with van der Waals surface area (Å²) >= 11 is 0. The van der Waals surface area contributed by atoms with Crippen molar-refractivity contribution in [1.82, 2.24) is 0 Å². The Morgan fingerprint density at radius 1 is 0.526 bits per heavy atom. The molecule has 0 saturated carbocycles. The van der Waals surface area contributed by atoms with Crippen LogP contribution < -0.4 is 0 Å². The first-order chi connectivity index (χ1) is 9.10. The van der Waals surface area contributed by atoms with Crippen LogP contribution in [-0.4, -0.2) is 0 Å². The molecule has 0 heterocycles. The minimum Gasteiger partial charge on any atom is -0.0654 e. The van der Waals surface area contributed by atoms with Gasteiger partial charge in [-0.1, -0.05) is 98.8 Å². The first-order valence-corrected chi connectivity index (χ1v) is 9.10. The first kappa shape index (κ1) is 19.0. The molecular formula is C19H40. The van der Waals surface area contributed by atoms with E-state index in [-0.39, 0.29) is 0 Å². The highest BCUT2D eigenvalue weighted by atomic mass is 14.1. The molecule has 3 unspecified atom stereocenters. The molecule has 0 aromatic heterocycles. The van der Waals surface area contributed by atoms with Gasteiger partial charge in [-0.2, -0.15) is 0 Å². The third-order valence-electron chi connectivity index (χ3n) is 4.55. The van der Waals surface area contributed by atoms with Gasteiger partial charge in [0.2, 0.25) is 0 Å². The topological polar surface area (TPSA) is 0 Å². The average Bonchev–Trinajstić information content (AvgIpc) is 2.39. The van der Waals surface area contributed by atoms with Crippen molar-refractivity contribution in [3.05, 3.63) is 0 Å². The van der Waals surface area contributed by atoms with Gasteiger partial charge in [0.05, 0.1) is 0 Å². The molecule has 0 aromatic carbocycles. The van der Waals surface area contributed by atoms with E-state index in [1.54, 1.807) is 0 Å². The van der Waals surface area contributed by atoms with E-state index < -0.39 is 0 Å². The summed E-state index contributed by atoms with van der Waals surface area (Å²) in [6, 6.07) is 0. The molecule has 0 rings (SSSR count). The minimum atomic E-state index is 0.942. The van der Waals surface area contributed by atoms with Gasteiger partial charge in [-0.25, -0.2) is 0 Å². The number of rotatable bonds is 13. The molecular weight excluding hydrogens is 228 g/mol. The molecule has 0 saturated heterocycles. The van der Waals surface area contributed by atoms with Gasteiger partial charge in [-0.3, -0.25) is 0 Å². The van der Waals surface area contributed by atoms with Crippen LogP contribution in [-0.2, 0) is 0 Å². The fourth-order valence-electron chi connectivity index (χ4n) is 3.16. The SMILES string of the molecule is CCCCC(C)CCCCC(C)CC(C)CCCC. The number of hydrogen-bond acceptors (Lipinski definition) is 0. The molecule has 0 aromatic rings. The molecule has 116 valence electrons. The van der Waals surface area contributed by atoms with Crippen LogP contribution >= 0.6 is 0 Å². The Bertz CT molecular complexity index is 173. The van der Waals surface area contributed by atoms with Gasteiger partial charge in [-0.15, -0.1) is 0 Å². The molecule has 0 spiro atoms. The summed E-state index contributed by atoms with van der Waals surface area (Å²) in [6.45, 7) is 11.9. The maximum absolute atomic E-state index is 2.46. The predicted molar refractivity (Wildman–Crippen MR) is 89.6 cm³/mol. The summed E-state index contributed by atoms with van der Waals surface area (Å²) in [5.74, 6) is 2.84. The Morgan fingerprint density at radius 3 is 1.37 bits per heavy atom. The lowest BCUT2D eigenvalue weighted by molar-refractivity contribution is 0.353. The number of unbranched alkanes of at least 4 members (excludes halogenated alkanes) is 3. The van der Waals surface area contributed by atoms with Crippen LogP contribution in [0.3, 0.4) is 0 Å². The highest BCUT2D eigenvalue weighted by Crippen LogP contribution is 2.23. The molecule has 0 aliphatic rings. The number of hydrogen-bond donors (Lipinski definition) is 0. The second kappa shape index (κ2) is 13.0. The van der Waals surface area contributed by atoms with Crippen molar-refractivity contribution in [3.8, 4) is 0 Å². The van der Waals surface area contributed by atoms with Crippen molar-refractivity contribution in [2.45, 2.75) is 105 Å². The van der Waals surface area contributed by atoms with Crippen LogP contribution in [0.4, 0.5) is 0 Å². The summed E-state index contributed by atoms with van der Waals surface area (Å²) in [7, 11) is 0. The van der Waals surface area contributed by atoms with Gasteiger partial charge in [0.15, 0.2) is 0 Å². The van der Waals surface area contributed by atoms with E-state index in [0.29, 0.717) is 0 Å². The van der Waals surface area contributed by atoms with Crippen LogP contribution in [0.15, 0.2) is 0 Å². The second-order valence-corrected chi connectivity index (χ2v) is 7.12. The van der Waals surface area contributed by atoms with E-state index in [1.807, 2.05) is 0 Å². The van der Waals surface area contributed by atoms with Crippen molar-refractivity contribution in [1.29, 1.82) is 0 Å². The third-order valence-corrected chi connectivity index (χ3v) is 4.55. The van der Waals surface area contributed by atoms with E-state index in [9.17, 15) is 0 Å². The summed E-state index contributed by atoms with van der Waals surface area (Å²) in [5, 5.41) is 0. The molecule has 19 heavy (non-hydrogen) atoms. The van der Waals surface area contributed by atoms with Crippen molar-refractivity contribution in [2.75, 3.05) is 0 Å². The minimum absolute atomic E-state index is 0.942. The fourth-order valence-corrected chi connectivity index (χ4v) is 3.16. The predicted octanol–water partition coefficient (Wildman–Crippen LogP) is 7.23. The zero-order chi connectivity index (χ0) is 14.5. The van der Waals surface area contributed by atoms with Crippen molar-refractivity contribution < 1.29 is 0 Å². The van der Waals surface area contributed by atoms with Gasteiger partial charge in [0.25, 0.3) is 0 Å². The Balaban J connectivity index is 3.44. The van der Waals surface area contributed by atoms with Crippen LogP contribution in [0.1, 0.15) is 105 Å². The quantitative estimate of drug-likeness (QED) is 0.309. The van der Waals surface area contributed by atoms with Crippen molar-refractivity contribution in [2.24, 2.45) is 17.8 Å². The molecule has 0 aliphatic heterocycles. The van der Waals surface area contributed by atoms with E-state index in [0.717, 1.165) is 17.8 Å². The fraction of sp³-hybridized carbons (Fsp3) is 1.00. The normalized spacial score (nSPS) is 16.3. The van der Waals surface area contributed by atoms with Gasteiger partial charge < -0.3 is 0 Å². The van der Waals surface area contributed by atoms with Gasteiger partial charge in [-0.05, 0) is 24.2 Å². The summed E-state index contributed by atoms with van der Waals surface area (Å²) < 4.78 is 0. The highest BCUT2D eigenvalue weighted by molar-refractivity contribution is 4.61. The van der Waals surface area contributed by atoms with Crippen molar-refractivity contribution in [3.63, 3.8) is 0 Å². The summed E-state index contributed by atoms with van der Waals surface area (Å²) in [5.41, 5.74) is 0. The van der Waals surface area contributed by atoms with Crippen LogP contribution in [0.2, 0.25) is 0 Å². The largest absolute Gasteiger partial charge is 0.0654 e.